The number of amides is 2. The molecule has 0 aliphatic rings. The Balaban J connectivity index is 2.25. The molecule has 0 aliphatic carbocycles. The van der Waals surface area contributed by atoms with Crippen LogP contribution in [-0.2, 0) is 11.3 Å². The Morgan fingerprint density at radius 2 is 1.96 bits per heavy atom. The van der Waals surface area contributed by atoms with E-state index in [0.29, 0.717) is 6.54 Å². The van der Waals surface area contributed by atoms with E-state index in [2.05, 4.69) is 15.5 Å². The number of carboxylic acid groups (broad SMARTS) is 1. The summed E-state index contributed by atoms with van der Waals surface area (Å²) in [4.78, 5) is 37.1. The lowest BCUT2D eigenvalue weighted by Gasteiger charge is -2.13. The molecule has 10 heteroatoms. The molecule has 25 heavy (non-hydrogen) atoms. The van der Waals surface area contributed by atoms with Crippen LogP contribution >= 0.6 is 0 Å². The van der Waals surface area contributed by atoms with E-state index in [4.69, 9.17) is 5.11 Å². The number of carbonyl (C=O) groups is 3. The normalized spacial score (nSPS) is 11.8. The minimum absolute atomic E-state index is 0.181. The number of nitrogens with zero attached hydrogens (tertiary/aromatic N) is 5. The number of rotatable bonds is 6. The second kappa shape index (κ2) is 7.16. The van der Waals surface area contributed by atoms with Crippen LogP contribution in [-0.4, -0.2) is 61.4 Å². The highest BCUT2D eigenvalue weighted by Gasteiger charge is 2.22. The molecule has 2 heterocycles. The van der Waals surface area contributed by atoms with Gasteiger partial charge >= 0.3 is 5.97 Å². The number of aryl methyl sites for hydroxylation is 1. The summed E-state index contributed by atoms with van der Waals surface area (Å²) in [5.41, 5.74) is 0.734. The van der Waals surface area contributed by atoms with Crippen LogP contribution in [0.15, 0.2) is 18.6 Å². The van der Waals surface area contributed by atoms with Crippen LogP contribution in [0, 0.1) is 0 Å². The Bertz CT molecular complexity index is 807. The molecule has 1 atom stereocenters. The van der Waals surface area contributed by atoms with E-state index in [1.165, 1.54) is 39.8 Å². The van der Waals surface area contributed by atoms with Gasteiger partial charge in [0, 0.05) is 26.8 Å². The van der Waals surface area contributed by atoms with Gasteiger partial charge in [0.2, 0.25) is 0 Å². The van der Waals surface area contributed by atoms with Gasteiger partial charge in [0.25, 0.3) is 11.8 Å². The highest BCUT2D eigenvalue weighted by molar-refractivity contribution is 6.08. The topological polar surface area (TPSA) is 122 Å². The first-order chi connectivity index (χ1) is 11.8. The first-order valence-electron chi connectivity index (χ1n) is 7.62. The standard InChI is InChI=1S/C15H20N6O4/c1-5-20-12(14(23)19(3)4)11(7-17-20)18-13(22)10-6-16-21(8-10)9(2)15(24)25/h6-9H,5H2,1-4H3,(H,18,22)(H,24,25). The quantitative estimate of drug-likeness (QED) is 0.792. The third kappa shape index (κ3) is 3.67. The molecule has 0 saturated carbocycles. The van der Waals surface area contributed by atoms with Crippen molar-refractivity contribution < 1.29 is 19.5 Å². The molecule has 0 aromatic carbocycles. The number of carboxylic acids is 1. The summed E-state index contributed by atoms with van der Waals surface area (Å²) in [6, 6.07) is -0.893. The maximum atomic E-state index is 12.4. The molecule has 0 aliphatic heterocycles. The molecule has 2 amide bonds. The molecule has 0 radical (unpaired) electrons. The average Bonchev–Trinajstić information content (AvgIpc) is 3.19. The smallest absolute Gasteiger partial charge is 0.328 e. The molecule has 1 unspecified atom stereocenters. The van der Waals surface area contributed by atoms with Crippen molar-refractivity contribution in [3.05, 3.63) is 29.8 Å². The second-order valence-electron chi connectivity index (χ2n) is 5.60. The predicted octanol–water partition coefficient (Wildman–Crippen LogP) is 0.699. The van der Waals surface area contributed by atoms with E-state index in [0.717, 1.165) is 0 Å². The van der Waals surface area contributed by atoms with Crippen LogP contribution < -0.4 is 5.32 Å². The molecule has 2 rings (SSSR count). The lowest BCUT2D eigenvalue weighted by molar-refractivity contribution is -0.140. The van der Waals surface area contributed by atoms with Gasteiger partial charge in [-0.1, -0.05) is 0 Å². The van der Waals surface area contributed by atoms with Crippen molar-refractivity contribution in [3.63, 3.8) is 0 Å². The number of anilines is 1. The number of aliphatic carboxylic acids is 1. The second-order valence-corrected chi connectivity index (χ2v) is 5.60. The van der Waals surface area contributed by atoms with E-state index in [-0.39, 0.29) is 22.9 Å². The van der Waals surface area contributed by atoms with Gasteiger partial charge < -0.3 is 15.3 Å². The number of hydrogen-bond acceptors (Lipinski definition) is 5. The van der Waals surface area contributed by atoms with Crippen LogP contribution in [0.4, 0.5) is 5.69 Å². The molecular weight excluding hydrogens is 328 g/mol. The van der Waals surface area contributed by atoms with Gasteiger partial charge in [0.05, 0.1) is 23.6 Å². The maximum Gasteiger partial charge on any atom is 0.328 e. The number of hydrogen-bond donors (Lipinski definition) is 2. The van der Waals surface area contributed by atoms with Crippen molar-refractivity contribution in [2.24, 2.45) is 0 Å². The fourth-order valence-electron chi connectivity index (χ4n) is 2.13. The van der Waals surface area contributed by atoms with Crippen molar-refractivity contribution in [3.8, 4) is 0 Å². The molecule has 0 saturated heterocycles. The lowest BCUT2D eigenvalue weighted by atomic mass is 10.2. The zero-order valence-electron chi connectivity index (χ0n) is 14.4. The fraction of sp³-hybridized carbons (Fsp3) is 0.400. The van der Waals surface area contributed by atoms with E-state index < -0.39 is 17.9 Å². The van der Waals surface area contributed by atoms with Crippen molar-refractivity contribution in [1.82, 2.24) is 24.5 Å². The minimum atomic E-state index is -1.06. The first kappa shape index (κ1) is 18.2. The molecule has 2 aromatic heterocycles. The predicted molar refractivity (Wildman–Crippen MR) is 88.4 cm³/mol. The van der Waals surface area contributed by atoms with E-state index in [9.17, 15) is 14.4 Å². The summed E-state index contributed by atoms with van der Waals surface area (Å²) >= 11 is 0. The summed E-state index contributed by atoms with van der Waals surface area (Å²) in [6.07, 6.45) is 4.01. The zero-order chi connectivity index (χ0) is 18.7. The lowest BCUT2D eigenvalue weighted by Crippen LogP contribution is -2.26. The molecule has 0 bridgehead atoms. The van der Waals surface area contributed by atoms with Crippen LogP contribution in [0.2, 0.25) is 0 Å². The van der Waals surface area contributed by atoms with E-state index in [1.807, 2.05) is 6.92 Å². The van der Waals surface area contributed by atoms with Gasteiger partial charge in [0.15, 0.2) is 0 Å². The zero-order valence-corrected chi connectivity index (χ0v) is 14.4. The Kier molecular flexibility index (Phi) is 5.20. The summed E-state index contributed by atoms with van der Waals surface area (Å²) in [6.45, 7) is 3.76. The minimum Gasteiger partial charge on any atom is -0.480 e. The summed E-state index contributed by atoms with van der Waals surface area (Å²) in [5, 5.41) is 19.6. The molecule has 134 valence electrons. The summed E-state index contributed by atoms with van der Waals surface area (Å²) in [7, 11) is 3.22. The van der Waals surface area contributed by atoms with E-state index >= 15 is 0 Å². The largest absolute Gasteiger partial charge is 0.480 e. The monoisotopic (exact) mass is 348 g/mol. The van der Waals surface area contributed by atoms with Gasteiger partial charge in [-0.15, -0.1) is 0 Å². The Labute approximate surface area is 144 Å². The van der Waals surface area contributed by atoms with Gasteiger partial charge in [0.1, 0.15) is 11.7 Å². The first-order valence-corrected chi connectivity index (χ1v) is 7.62. The van der Waals surface area contributed by atoms with Crippen molar-refractivity contribution in [2.75, 3.05) is 19.4 Å². The molecular formula is C15H20N6O4. The third-order valence-electron chi connectivity index (χ3n) is 3.61. The molecule has 10 nitrogen and oxygen atoms in total. The van der Waals surface area contributed by atoms with Crippen molar-refractivity contribution in [2.45, 2.75) is 26.4 Å². The van der Waals surface area contributed by atoms with E-state index in [1.54, 1.807) is 14.1 Å². The van der Waals surface area contributed by atoms with Gasteiger partial charge in [-0.2, -0.15) is 10.2 Å². The Hall–Kier alpha value is -3.17. The summed E-state index contributed by atoms with van der Waals surface area (Å²) < 4.78 is 2.67. The third-order valence-corrected chi connectivity index (χ3v) is 3.61. The van der Waals surface area contributed by atoms with Crippen LogP contribution in [0.1, 0.15) is 40.7 Å². The van der Waals surface area contributed by atoms with Gasteiger partial charge in [-0.05, 0) is 13.8 Å². The number of aromatic nitrogens is 4. The Morgan fingerprint density at radius 3 is 2.52 bits per heavy atom. The number of carbonyl (C=O) groups excluding carboxylic acids is 2. The molecule has 2 aromatic rings. The SMILES string of the molecule is CCn1ncc(NC(=O)c2cnn(C(C)C(=O)O)c2)c1C(=O)N(C)C. The van der Waals surface area contributed by atoms with Crippen LogP contribution in [0.25, 0.3) is 0 Å². The number of nitrogens with one attached hydrogen (secondary N) is 1. The highest BCUT2D eigenvalue weighted by atomic mass is 16.4. The Morgan fingerprint density at radius 1 is 1.28 bits per heavy atom. The molecule has 0 spiro atoms. The highest BCUT2D eigenvalue weighted by Crippen LogP contribution is 2.18. The fourth-order valence-corrected chi connectivity index (χ4v) is 2.13. The molecule has 0 fully saturated rings. The molecule has 2 N–H and O–H groups in total. The summed E-state index contributed by atoms with van der Waals surface area (Å²) in [5.74, 6) is -1.85. The van der Waals surface area contributed by atoms with Crippen molar-refractivity contribution in [1.29, 1.82) is 0 Å². The average molecular weight is 348 g/mol. The van der Waals surface area contributed by atoms with Gasteiger partial charge in [-0.3, -0.25) is 19.0 Å². The van der Waals surface area contributed by atoms with Gasteiger partial charge in [-0.25, -0.2) is 4.79 Å². The van der Waals surface area contributed by atoms with Crippen LogP contribution in [0.5, 0.6) is 0 Å². The van der Waals surface area contributed by atoms with Crippen LogP contribution in [0.3, 0.4) is 0 Å². The maximum absolute atomic E-state index is 12.4. The van der Waals surface area contributed by atoms with Crippen molar-refractivity contribution >= 4 is 23.5 Å².